The van der Waals surface area contributed by atoms with Crippen LogP contribution in [0.3, 0.4) is 0 Å². The molecule has 0 saturated heterocycles. The van der Waals surface area contributed by atoms with E-state index >= 15 is 0 Å². The number of benzene rings is 2. The quantitative estimate of drug-likeness (QED) is 0.775. The van der Waals surface area contributed by atoms with E-state index in [1.165, 1.54) is 25.3 Å². The number of sulfonamides is 1. The topological polar surface area (TPSA) is 64.6 Å². The lowest BCUT2D eigenvalue weighted by Crippen LogP contribution is -2.28. The van der Waals surface area contributed by atoms with Gasteiger partial charge in [0.15, 0.2) is 0 Å². The van der Waals surface area contributed by atoms with Gasteiger partial charge in [-0.05, 0) is 36.8 Å². The van der Waals surface area contributed by atoms with E-state index in [2.05, 4.69) is 4.72 Å². The first-order valence-electron chi connectivity index (χ1n) is 6.95. The molecule has 0 heterocycles. The molecule has 0 aliphatic carbocycles. The van der Waals surface area contributed by atoms with Gasteiger partial charge in [-0.15, -0.1) is 0 Å². The Hall–Kier alpha value is -1.76. The summed E-state index contributed by atoms with van der Waals surface area (Å²) in [6.45, 7) is 2.31. The number of hydrogen-bond acceptors (Lipinski definition) is 4. The average Bonchev–Trinajstić information content (AvgIpc) is 2.53. The molecule has 0 saturated carbocycles. The third-order valence-electron chi connectivity index (χ3n) is 3.18. The van der Waals surface area contributed by atoms with Gasteiger partial charge in [0.25, 0.3) is 0 Å². The van der Waals surface area contributed by atoms with Gasteiger partial charge in [0.2, 0.25) is 10.0 Å². The molecule has 0 amide bonds. The van der Waals surface area contributed by atoms with Gasteiger partial charge in [-0.25, -0.2) is 13.1 Å². The largest absolute Gasteiger partial charge is 0.495 e. The number of halogens is 1. The Morgan fingerprint density at radius 1 is 1.13 bits per heavy atom. The second-order valence-corrected chi connectivity index (χ2v) is 6.98. The highest BCUT2D eigenvalue weighted by Crippen LogP contribution is 2.26. The number of rotatable bonds is 7. The van der Waals surface area contributed by atoms with E-state index in [4.69, 9.17) is 21.1 Å². The Kier molecular flexibility index (Phi) is 5.87. The van der Waals surface area contributed by atoms with E-state index in [1.807, 2.05) is 31.2 Å². The standard InChI is InChI=1S/C16H18ClNO4S/c1-12-5-3-4-6-15(12)22-10-9-18-23(19,20)13-7-8-16(21-2)14(17)11-13/h3-8,11,18H,9-10H2,1-2H3. The molecule has 2 rings (SSSR count). The Bertz CT molecular complexity index is 777. The highest BCUT2D eigenvalue weighted by Gasteiger charge is 2.15. The first kappa shape index (κ1) is 17.6. The van der Waals surface area contributed by atoms with Crippen LogP contribution in [0.1, 0.15) is 5.56 Å². The van der Waals surface area contributed by atoms with Crippen LogP contribution in [0.5, 0.6) is 11.5 Å². The number of nitrogens with one attached hydrogen (secondary N) is 1. The zero-order valence-corrected chi connectivity index (χ0v) is 14.4. The van der Waals surface area contributed by atoms with E-state index < -0.39 is 10.0 Å². The van der Waals surface area contributed by atoms with Crippen molar-refractivity contribution in [3.8, 4) is 11.5 Å². The lowest BCUT2D eigenvalue weighted by atomic mass is 10.2. The lowest BCUT2D eigenvalue weighted by molar-refractivity contribution is 0.320. The summed E-state index contributed by atoms with van der Waals surface area (Å²) in [7, 11) is -2.17. The molecule has 0 aromatic heterocycles. The maximum atomic E-state index is 12.2. The molecule has 0 radical (unpaired) electrons. The summed E-state index contributed by atoms with van der Waals surface area (Å²) in [6.07, 6.45) is 0. The van der Waals surface area contributed by atoms with Gasteiger partial charge in [-0.1, -0.05) is 29.8 Å². The summed E-state index contributed by atoms with van der Waals surface area (Å²) in [5.41, 5.74) is 0.997. The van der Waals surface area contributed by atoms with Crippen LogP contribution in [0.25, 0.3) is 0 Å². The van der Waals surface area contributed by atoms with Gasteiger partial charge in [-0.2, -0.15) is 0 Å². The van der Waals surface area contributed by atoms with Crippen molar-refractivity contribution in [3.63, 3.8) is 0 Å². The van der Waals surface area contributed by atoms with E-state index in [-0.39, 0.29) is 23.1 Å². The van der Waals surface area contributed by atoms with Crippen molar-refractivity contribution in [1.29, 1.82) is 0 Å². The second-order valence-electron chi connectivity index (χ2n) is 4.81. The molecule has 0 fully saturated rings. The van der Waals surface area contributed by atoms with Crippen LogP contribution in [0.2, 0.25) is 5.02 Å². The number of methoxy groups -OCH3 is 1. The molecule has 2 aromatic carbocycles. The summed E-state index contributed by atoms with van der Waals surface area (Å²) in [5.74, 6) is 1.16. The Morgan fingerprint density at radius 3 is 2.52 bits per heavy atom. The zero-order valence-electron chi connectivity index (χ0n) is 12.9. The minimum Gasteiger partial charge on any atom is -0.495 e. The Labute approximate surface area is 141 Å². The van der Waals surface area contributed by atoms with Crippen molar-refractivity contribution in [1.82, 2.24) is 4.72 Å². The molecule has 7 heteroatoms. The van der Waals surface area contributed by atoms with Crippen molar-refractivity contribution < 1.29 is 17.9 Å². The van der Waals surface area contributed by atoms with E-state index in [1.54, 1.807) is 0 Å². The molecule has 0 spiro atoms. The van der Waals surface area contributed by atoms with Gasteiger partial charge in [0, 0.05) is 6.54 Å². The molecule has 5 nitrogen and oxygen atoms in total. The smallest absolute Gasteiger partial charge is 0.240 e. The van der Waals surface area contributed by atoms with Crippen molar-refractivity contribution >= 4 is 21.6 Å². The van der Waals surface area contributed by atoms with Crippen LogP contribution in [0.4, 0.5) is 0 Å². The molecule has 124 valence electrons. The van der Waals surface area contributed by atoms with Gasteiger partial charge >= 0.3 is 0 Å². The number of hydrogen-bond donors (Lipinski definition) is 1. The predicted molar refractivity (Wildman–Crippen MR) is 89.9 cm³/mol. The van der Waals surface area contributed by atoms with Crippen LogP contribution >= 0.6 is 11.6 Å². The molecule has 0 unspecified atom stereocenters. The fourth-order valence-corrected chi connectivity index (χ4v) is 3.31. The first-order chi connectivity index (χ1) is 10.9. The van der Waals surface area contributed by atoms with Gasteiger partial charge in [0.05, 0.1) is 17.0 Å². The van der Waals surface area contributed by atoms with Gasteiger partial charge in [-0.3, -0.25) is 0 Å². The van der Waals surface area contributed by atoms with Crippen molar-refractivity contribution in [3.05, 3.63) is 53.1 Å². The fraction of sp³-hybridized carbons (Fsp3) is 0.250. The highest BCUT2D eigenvalue weighted by atomic mass is 35.5. The zero-order chi connectivity index (χ0) is 16.9. The molecule has 0 aliphatic rings. The Morgan fingerprint density at radius 2 is 1.87 bits per heavy atom. The van der Waals surface area contributed by atoms with Crippen LogP contribution in [0.15, 0.2) is 47.4 Å². The monoisotopic (exact) mass is 355 g/mol. The Balaban J connectivity index is 1.94. The third-order valence-corrected chi connectivity index (χ3v) is 4.93. The number of para-hydroxylation sites is 1. The van der Waals surface area contributed by atoms with E-state index in [0.717, 1.165) is 11.3 Å². The van der Waals surface area contributed by atoms with Crippen LogP contribution in [0, 0.1) is 6.92 Å². The molecular formula is C16H18ClNO4S. The number of ether oxygens (including phenoxy) is 2. The fourth-order valence-electron chi connectivity index (χ4n) is 1.95. The van der Waals surface area contributed by atoms with E-state index in [0.29, 0.717) is 5.75 Å². The molecule has 0 aliphatic heterocycles. The van der Waals surface area contributed by atoms with Gasteiger partial charge < -0.3 is 9.47 Å². The average molecular weight is 356 g/mol. The molecule has 23 heavy (non-hydrogen) atoms. The minimum absolute atomic E-state index is 0.0826. The van der Waals surface area contributed by atoms with Crippen molar-refractivity contribution in [2.24, 2.45) is 0 Å². The SMILES string of the molecule is COc1ccc(S(=O)(=O)NCCOc2ccccc2C)cc1Cl. The molecule has 2 aromatic rings. The molecule has 1 N–H and O–H groups in total. The van der Waals surface area contributed by atoms with Gasteiger partial charge in [0.1, 0.15) is 18.1 Å². The summed E-state index contributed by atoms with van der Waals surface area (Å²) in [5, 5.41) is 0.242. The summed E-state index contributed by atoms with van der Waals surface area (Å²) in [4.78, 5) is 0.0826. The minimum atomic E-state index is -3.64. The summed E-state index contributed by atoms with van der Waals surface area (Å²) < 4.78 is 37.4. The third kappa shape index (κ3) is 4.60. The maximum Gasteiger partial charge on any atom is 0.240 e. The molecule has 0 bridgehead atoms. The van der Waals surface area contributed by atoms with E-state index in [9.17, 15) is 8.42 Å². The number of aryl methyl sites for hydroxylation is 1. The van der Waals surface area contributed by atoms with Crippen molar-refractivity contribution in [2.75, 3.05) is 20.3 Å². The van der Waals surface area contributed by atoms with Crippen LogP contribution < -0.4 is 14.2 Å². The first-order valence-corrected chi connectivity index (χ1v) is 8.82. The highest BCUT2D eigenvalue weighted by molar-refractivity contribution is 7.89. The summed E-state index contributed by atoms with van der Waals surface area (Å²) in [6, 6.07) is 11.9. The molecule has 0 atom stereocenters. The normalized spacial score (nSPS) is 11.3. The second kappa shape index (κ2) is 7.68. The lowest BCUT2D eigenvalue weighted by Gasteiger charge is -2.11. The van der Waals surface area contributed by atoms with Crippen LogP contribution in [-0.2, 0) is 10.0 Å². The molecular weight excluding hydrogens is 338 g/mol. The van der Waals surface area contributed by atoms with Crippen LogP contribution in [-0.4, -0.2) is 28.7 Å². The maximum absolute atomic E-state index is 12.2. The predicted octanol–water partition coefficient (Wildman–Crippen LogP) is 3.01. The van der Waals surface area contributed by atoms with Crippen molar-refractivity contribution in [2.45, 2.75) is 11.8 Å². The summed E-state index contributed by atoms with van der Waals surface area (Å²) >= 11 is 5.95.